The zero-order valence-electron chi connectivity index (χ0n) is 18.2. The molecule has 0 spiro atoms. The van der Waals surface area contributed by atoms with Gasteiger partial charge in [-0.15, -0.1) is 23.1 Å². The molecule has 3 heterocycles. The number of aromatic nitrogens is 1. The molecule has 0 radical (unpaired) electrons. The number of nitrogens with zero attached hydrogens (tertiary/aromatic N) is 2. The Kier molecular flexibility index (Phi) is 7.41. The van der Waals surface area contributed by atoms with Crippen LogP contribution in [0.25, 0.3) is 11.6 Å². The Labute approximate surface area is 215 Å². The van der Waals surface area contributed by atoms with E-state index in [4.69, 9.17) is 5.73 Å². The standard InChI is InChI=1S/C21H22N4O4S2.Na/c1-9-4-10(2)12(11(3)5-9)6-13(14-7-31-21(22)23-14)17(26)24-16-18(27)25-15(20(28)29)8-30-19(16)25;/h4-7,15-16,19H,8H2,1-3H3,(H2,22,23)(H,24,26)(H,28,29);/q;+1/p-1/b13-6-;. The van der Waals surface area contributed by atoms with Crippen LogP contribution in [-0.4, -0.2) is 50.9 Å². The molecule has 3 atom stereocenters. The van der Waals surface area contributed by atoms with E-state index in [1.54, 1.807) is 11.5 Å². The molecule has 11 heteroatoms. The molecular weight excluding hydrogens is 459 g/mol. The summed E-state index contributed by atoms with van der Waals surface area (Å²) in [5.74, 6) is -1.91. The number of carbonyl (C=O) groups excluding carboxylic acids is 3. The number of carboxylic acids is 1. The number of carbonyl (C=O) groups is 3. The fourth-order valence-electron chi connectivity index (χ4n) is 4.03. The first-order valence-corrected chi connectivity index (χ1v) is 11.6. The smallest absolute Gasteiger partial charge is 0.548 e. The molecule has 8 nitrogen and oxygen atoms in total. The van der Waals surface area contributed by atoms with Crippen LogP contribution >= 0.6 is 23.1 Å². The van der Waals surface area contributed by atoms with Gasteiger partial charge in [0, 0.05) is 11.1 Å². The van der Waals surface area contributed by atoms with Crippen LogP contribution in [-0.2, 0) is 14.4 Å². The average molecular weight is 481 g/mol. The van der Waals surface area contributed by atoms with Gasteiger partial charge in [0.15, 0.2) is 5.13 Å². The molecule has 2 aliphatic heterocycles. The minimum Gasteiger partial charge on any atom is -0.548 e. The molecule has 162 valence electrons. The monoisotopic (exact) mass is 480 g/mol. The Balaban J connectivity index is 0.00000289. The van der Waals surface area contributed by atoms with E-state index in [9.17, 15) is 19.5 Å². The number of thiazole rings is 1. The fraction of sp³-hybridized carbons (Fsp3) is 0.333. The molecule has 2 aliphatic rings. The number of thioether (sulfide) groups is 1. The number of aryl methyl sites for hydroxylation is 3. The van der Waals surface area contributed by atoms with Crippen LogP contribution in [0.2, 0.25) is 0 Å². The molecule has 0 saturated carbocycles. The van der Waals surface area contributed by atoms with Gasteiger partial charge < -0.3 is 25.9 Å². The number of hydrogen-bond donors (Lipinski definition) is 2. The maximum atomic E-state index is 13.2. The van der Waals surface area contributed by atoms with Gasteiger partial charge in [0.1, 0.15) is 11.4 Å². The topological polar surface area (TPSA) is 128 Å². The van der Waals surface area contributed by atoms with Crippen molar-refractivity contribution in [1.82, 2.24) is 15.2 Å². The zero-order chi connectivity index (χ0) is 22.4. The van der Waals surface area contributed by atoms with Gasteiger partial charge in [-0.05, 0) is 43.5 Å². The fourth-order valence-corrected chi connectivity index (χ4v) is 6.06. The van der Waals surface area contributed by atoms with Crippen LogP contribution in [0.15, 0.2) is 17.5 Å². The van der Waals surface area contributed by atoms with E-state index in [0.717, 1.165) is 22.3 Å². The first-order chi connectivity index (χ1) is 14.7. The van der Waals surface area contributed by atoms with E-state index in [2.05, 4.69) is 10.3 Å². The molecule has 2 fully saturated rings. The summed E-state index contributed by atoms with van der Waals surface area (Å²) in [6.45, 7) is 5.95. The summed E-state index contributed by atoms with van der Waals surface area (Å²) in [4.78, 5) is 42.5. The van der Waals surface area contributed by atoms with Crippen molar-refractivity contribution in [3.8, 4) is 0 Å². The molecule has 3 unspecified atom stereocenters. The minimum atomic E-state index is -1.28. The molecule has 3 N–H and O–H groups in total. The third-order valence-corrected chi connectivity index (χ3v) is 7.49. The number of benzene rings is 1. The summed E-state index contributed by atoms with van der Waals surface area (Å²) in [6.07, 6.45) is 1.76. The van der Waals surface area contributed by atoms with E-state index in [0.29, 0.717) is 16.4 Å². The third kappa shape index (κ3) is 4.47. The van der Waals surface area contributed by atoms with Crippen molar-refractivity contribution in [2.24, 2.45) is 0 Å². The number of rotatable bonds is 5. The first-order valence-electron chi connectivity index (χ1n) is 9.63. The van der Waals surface area contributed by atoms with Gasteiger partial charge in [-0.25, -0.2) is 4.98 Å². The SMILES string of the molecule is Cc1cc(C)c(/C=C(\C(=O)NC2C(=O)N3C(C(=O)[O-])CSC23)c2csc(N)n2)c(C)c1.[Na+]. The molecule has 4 rings (SSSR count). The number of aliphatic carboxylic acids is 1. The number of nitrogens with two attached hydrogens (primary N) is 1. The molecular formula is C21H21N4NaO4S2. The number of nitrogens with one attached hydrogen (secondary N) is 1. The summed E-state index contributed by atoms with van der Waals surface area (Å²) in [5, 5.41) is 15.6. The quantitative estimate of drug-likeness (QED) is 0.280. The van der Waals surface area contributed by atoms with Crippen molar-refractivity contribution in [2.75, 3.05) is 11.5 Å². The number of hydrogen-bond acceptors (Lipinski definition) is 8. The van der Waals surface area contributed by atoms with Gasteiger partial charge >= 0.3 is 29.6 Å². The van der Waals surface area contributed by atoms with Crippen LogP contribution in [0.3, 0.4) is 0 Å². The second-order valence-electron chi connectivity index (χ2n) is 7.70. The molecule has 2 saturated heterocycles. The van der Waals surface area contributed by atoms with Crippen molar-refractivity contribution >= 4 is 57.7 Å². The average Bonchev–Trinajstić information content (AvgIpc) is 3.29. The van der Waals surface area contributed by atoms with Crippen LogP contribution in [0, 0.1) is 20.8 Å². The van der Waals surface area contributed by atoms with Gasteiger partial charge in [0.05, 0.1) is 23.3 Å². The Morgan fingerprint density at radius 2 is 1.94 bits per heavy atom. The van der Waals surface area contributed by atoms with Gasteiger partial charge in [-0.1, -0.05) is 17.7 Å². The second kappa shape index (κ2) is 9.56. The van der Waals surface area contributed by atoms with Crippen LogP contribution in [0.5, 0.6) is 0 Å². The minimum absolute atomic E-state index is 0. The maximum absolute atomic E-state index is 13.2. The van der Waals surface area contributed by atoms with E-state index in [-0.39, 0.29) is 35.3 Å². The zero-order valence-corrected chi connectivity index (χ0v) is 21.8. The largest absolute Gasteiger partial charge is 1.00 e. The first kappa shape index (κ1) is 24.8. The molecule has 2 amide bonds. The molecule has 0 aliphatic carbocycles. The van der Waals surface area contributed by atoms with Gasteiger partial charge in [0.25, 0.3) is 5.91 Å². The molecule has 32 heavy (non-hydrogen) atoms. The Morgan fingerprint density at radius 1 is 1.28 bits per heavy atom. The Hall–Kier alpha value is -1.85. The van der Waals surface area contributed by atoms with Crippen molar-refractivity contribution in [3.05, 3.63) is 45.5 Å². The van der Waals surface area contributed by atoms with E-state index >= 15 is 0 Å². The Bertz CT molecular complexity index is 1110. The summed E-state index contributed by atoms with van der Waals surface area (Å²) < 4.78 is 0. The number of nitrogen functional groups attached to an aromatic ring is 1. The summed E-state index contributed by atoms with van der Waals surface area (Å²) in [7, 11) is 0. The van der Waals surface area contributed by atoms with E-state index in [1.165, 1.54) is 28.0 Å². The Morgan fingerprint density at radius 3 is 2.50 bits per heavy atom. The van der Waals surface area contributed by atoms with Crippen molar-refractivity contribution in [1.29, 1.82) is 0 Å². The van der Waals surface area contributed by atoms with Gasteiger partial charge in [-0.3, -0.25) is 9.59 Å². The summed E-state index contributed by atoms with van der Waals surface area (Å²) in [5.41, 5.74) is 10.6. The predicted octanol–water partition coefficient (Wildman–Crippen LogP) is -2.29. The van der Waals surface area contributed by atoms with Crippen molar-refractivity contribution in [3.63, 3.8) is 0 Å². The molecule has 2 aromatic rings. The predicted molar refractivity (Wildman–Crippen MR) is 119 cm³/mol. The van der Waals surface area contributed by atoms with Crippen LogP contribution in [0.4, 0.5) is 5.13 Å². The number of β-lactam (4-membered cyclic amide) rings is 1. The van der Waals surface area contributed by atoms with E-state index < -0.39 is 35.2 Å². The maximum Gasteiger partial charge on any atom is 1.00 e. The number of amides is 2. The number of carboxylic acid groups (broad SMARTS) is 1. The molecule has 1 aromatic heterocycles. The third-order valence-electron chi connectivity index (χ3n) is 5.47. The van der Waals surface area contributed by atoms with Crippen LogP contribution < -0.4 is 45.7 Å². The van der Waals surface area contributed by atoms with Crippen molar-refractivity contribution < 1.29 is 49.0 Å². The molecule has 1 aromatic carbocycles. The van der Waals surface area contributed by atoms with Gasteiger partial charge in [0.2, 0.25) is 5.91 Å². The summed E-state index contributed by atoms with van der Waals surface area (Å²) in [6, 6.07) is 2.32. The normalized spacial score (nSPS) is 22.1. The number of anilines is 1. The second-order valence-corrected chi connectivity index (χ2v) is 9.74. The van der Waals surface area contributed by atoms with Gasteiger partial charge in [-0.2, -0.15) is 0 Å². The number of fused-ring (bicyclic) bond motifs is 1. The summed E-state index contributed by atoms with van der Waals surface area (Å²) >= 11 is 2.55. The molecule has 0 bridgehead atoms. The van der Waals surface area contributed by atoms with Crippen molar-refractivity contribution in [2.45, 2.75) is 38.2 Å². The van der Waals surface area contributed by atoms with E-state index in [1.807, 2.05) is 32.9 Å². The van der Waals surface area contributed by atoms with Crippen LogP contribution in [0.1, 0.15) is 27.9 Å².